The Bertz CT molecular complexity index is 503. The largest absolute Gasteiger partial charge is 0.478 e. The number of carbonyl (C=O) groups is 1. The zero-order valence-electron chi connectivity index (χ0n) is 10.9. The minimum atomic E-state index is -1.55. The van der Waals surface area contributed by atoms with Gasteiger partial charge < -0.3 is 35.0 Å². The molecule has 1 heterocycles. The van der Waals surface area contributed by atoms with Crippen LogP contribution in [-0.2, 0) is 4.74 Å². The predicted octanol–water partition coefficient (Wildman–Crippen LogP) is -1.44. The monoisotopic (exact) mass is 300 g/mol. The highest BCUT2D eigenvalue weighted by atomic mass is 16.7. The summed E-state index contributed by atoms with van der Waals surface area (Å²) < 4.78 is 10.4. The lowest BCUT2D eigenvalue weighted by molar-refractivity contribution is -0.277. The highest BCUT2D eigenvalue weighted by molar-refractivity contribution is 5.87. The molecule has 0 bridgehead atoms. The summed E-state index contributed by atoms with van der Waals surface area (Å²) in [6.45, 7) is -0.569. The maximum absolute atomic E-state index is 10.9. The summed E-state index contributed by atoms with van der Waals surface area (Å²) in [6, 6.07) is 5.49. The molecule has 21 heavy (non-hydrogen) atoms. The smallest absolute Gasteiger partial charge is 0.335 e. The van der Waals surface area contributed by atoms with Crippen molar-refractivity contribution in [1.29, 1.82) is 0 Å². The third kappa shape index (κ3) is 3.31. The van der Waals surface area contributed by atoms with Crippen LogP contribution in [-0.4, -0.2) is 68.8 Å². The van der Waals surface area contributed by atoms with Crippen LogP contribution in [0.5, 0.6) is 5.75 Å². The molecule has 1 fully saturated rings. The Morgan fingerprint density at radius 3 is 2.52 bits per heavy atom. The zero-order valence-corrected chi connectivity index (χ0v) is 10.9. The van der Waals surface area contributed by atoms with Crippen LogP contribution < -0.4 is 4.74 Å². The maximum Gasteiger partial charge on any atom is 0.335 e. The fraction of sp³-hybridized carbons (Fsp3) is 0.462. The van der Waals surface area contributed by atoms with Crippen molar-refractivity contribution in [2.75, 3.05) is 6.61 Å². The second kappa shape index (κ2) is 6.37. The van der Waals surface area contributed by atoms with Crippen molar-refractivity contribution in [3.8, 4) is 5.75 Å². The van der Waals surface area contributed by atoms with Gasteiger partial charge >= 0.3 is 5.97 Å². The third-order valence-corrected chi connectivity index (χ3v) is 3.18. The van der Waals surface area contributed by atoms with E-state index in [1.807, 2.05) is 0 Å². The quantitative estimate of drug-likeness (QED) is 0.456. The van der Waals surface area contributed by atoms with Crippen LogP contribution in [0.2, 0.25) is 0 Å². The molecule has 8 heteroatoms. The second-order valence-electron chi connectivity index (χ2n) is 4.65. The van der Waals surface area contributed by atoms with Gasteiger partial charge in [0.25, 0.3) is 0 Å². The van der Waals surface area contributed by atoms with E-state index >= 15 is 0 Å². The molecule has 0 radical (unpaired) electrons. The number of aliphatic hydroxyl groups is 4. The van der Waals surface area contributed by atoms with Gasteiger partial charge in [0.15, 0.2) is 0 Å². The molecule has 1 aliphatic rings. The highest BCUT2D eigenvalue weighted by Crippen LogP contribution is 2.24. The summed E-state index contributed by atoms with van der Waals surface area (Å²) >= 11 is 0. The summed E-state index contributed by atoms with van der Waals surface area (Å²) in [6.07, 6.45) is -7.00. The van der Waals surface area contributed by atoms with Gasteiger partial charge in [-0.05, 0) is 18.2 Å². The molecule has 116 valence electrons. The molecule has 0 aromatic heterocycles. The number of carboxylic acid groups (broad SMARTS) is 1. The lowest BCUT2D eigenvalue weighted by Crippen LogP contribution is -2.60. The van der Waals surface area contributed by atoms with E-state index in [-0.39, 0.29) is 11.3 Å². The molecular formula is C13H16O8. The van der Waals surface area contributed by atoms with E-state index < -0.39 is 43.3 Å². The van der Waals surface area contributed by atoms with Gasteiger partial charge in [0, 0.05) is 0 Å². The first-order chi connectivity index (χ1) is 9.93. The van der Waals surface area contributed by atoms with Crippen LogP contribution in [0.25, 0.3) is 0 Å². The molecule has 1 aromatic rings. The van der Waals surface area contributed by atoms with Crippen molar-refractivity contribution in [1.82, 2.24) is 0 Å². The van der Waals surface area contributed by atoms with E-state index in [1.54, 1.807) is 0 Å². The topological polar surface area (TPSA) is 137 Å². The Balaban J connectivity index is 2.14. The molecule has 0 spiro atoms. The molecule has 1 aromatic carbocycles. The predicted molar refractivity (Wildman–Crippen MR) is 67.8 cm³/mol. The van der Waals surface area contributed by atoms with Crippen molar-refractivity contribution in [3.05, 3.63) is 29.8 Å². The van der Waals surface area contributed by atoms with Crippen molar-refractivity contribution < 1.29 is 39.8 Å². The first-order valence-electron chi connectivity index (χ1n) is 6.24. The van der Waals surface area contributed by atoms with E-state index in [4.69, 9.17) is 19.7 Å². The van der Waals surface area contributed by atoms with Gasteiger partial charge in [0.2, 0.25) is 6.29 Å². The second-order valence-corrected chi connectivity index (χ2v) is 4.65. The molecule has 8 nitrogen and oxygen atoms in total. The van der Waals surface area contributed by atoms with Crippen molar-refractivity contribution in [2.24, 2.45) is 0 Å². The van der Waals surface area contributed by atoms with Crippen LogP contribution >= 0.6 is 0 Å². The van der Waals surface area contributed by atoms with Crippen LogP contribution in [0.1, 0.15) is 10.4 Å². The Morgan fingerprint density at radius 2 is 1.90 bits per heavy atom. The average Bonchev–Trinajstić information content (AvgIpc) is 2.48. The van der Waals surface area contributed by atoms with Crippen molar-refractivity contribution >= 4 is 5.97 Å². The number of rotatable bonds is 4. The van der Waals surface area contributed by atoms with Gasteiger partial charge in [0.1, 0.15) is 30.2 Å². The van der Waals surface area contributed by atoms with Gasteiger partial charge in [-0.25, -0.2) is 4.79 Å². The summed E-state index contributed by atoms with van der Waals surface area (Å²) in [5.41, 5.74) is -0.0166. The molecule has 2 rings (SSSR count). The lowest BCUT2D eigenvalue weighted by Gasteiger charge is -2.39. The molecule has 0 saturated carbocycles. The maximum atomic E-state index is 10.9. The summed E-state index contributed by atoms with van der Waals surface area (Å²) in [5.74, 6) is -1.03. The third-order valence-electron chi connectivity index (χ3n) is 3.18. The van der Waals surface area contributed by atoms with E-state index in [9.17, 15) is 20.1 Å². The van der Waals surface area contributed by atoms with Gasteiger partial charge in [-0.1, -0.05) is 6.07 Å². The number of aliphatic hydroxyl groups excluding tert-OH is 4. The number of hydrogen-bond donors (Lipinski definition) is 5. The Hall–Kier alpha value is -1.71. The number of hydrogen-bond acceptors (Lipinski definition) is 7. The minimum Gasteiger partial charge on any atom is -0.478 e. The number of aromatic carboxylic acids is 1. The first kappa shape index (κ1) is 15.7. The summed E-state index contributed by atoms with van der Waals surface area (Å²) in [7, 11) is 0. The van der Waals surface area contributed by atoms with E-state index in [0.29, 0.717) is 0 Å². The zero-order chi connectivity index (χ0) is 15.6. The van der Waals surface area contributed by atoms with Gasteiger partial charge in [-0.3, -0.25) is 0 Å². The summed E-state index contributed by atoms with van der Waals surface area (Å²) in [5, 5.41) is 47.0. The number of carboxylic acids is 1. The van der Waals surface area contributed by atoms with Crippen LogP contribution in [0.3, 0.4) is 0 Å². The van der Waals surface area contributed by atoms with Crippen LogP contribution in [0.4, 0.5) is 0 Å². The molecule has 5 atom stereocenters. The molecular weight excluding hydrogens is 284 g/mol. The highest BCUT2D eigenvalue weighted by Gasteiger charge is 2.44. The molecule has 1 saturated heterocycles. The van der Waals surface area contributed by atoms with Crippen molar-refractivity contribution in [2.45, 2.75) is 30.7 Å². The van der Waals surface area contributed by atoms with E-state index in [2.05, 4.69) is 0 Å². The molecule has 5 N–H and O–H groups in total. The van der Waals surface area contributed by atoms with Crippen LogP contribution in [0, 0.1) is 0 Å². The Kier molecular flexibility index (Phi) is 4.76. The lowest BCUT2D eigenvalue weighted by atomic mass is 9.99. The van der Waals surface area contributed by atoms with Gasteiger partial charge in [-0.15, -0.1) is 0 Å². The molecule has 0 amide bonds. The molecule has 1 aliphatic heterocycles. The van der Waals surface area contributed by atoms with E-state index in [1.165, 1.54) is 24.3 Å². The first-order valence-corrected chi connectivity index (χ1v) is 6.24. The minimum absolute atomic E-state index is 0.0166. The fourth-order valence-corrected chi connectivity index (χ4v) is 2.00. The number of benzene rings is 1. The van der Waals surface area contributed by atoms with E-state index in [0.717, 1.165) is 0 Å². The summed E-state index contributed by atoms with van der Waals surface area (Å²) in [4.78, 5) is 10.9. The Morgan fingerprint density at radius 1 is 1.19 bits per heavy atom. The normalized spacial score (nSPS) is 32.7. The molecule has 0 aliphatic carbocycles. The molecule has 0 unspecified atom stereocenters. The van der Waals surface area contributed by atoms with Gasteiger partial charge in [-0.2, -0.15) is 0 Å². The van der Waals surface area contributed by atoms with Crippen LogP contribution in [0.15, 0.2) is 24.3 Å². The average molecular weight is 300 g/mol. The Labute approximate surface area is 119 Å². The standard InChI is InChI=1S/C13H16O8/c14-5-8-9(15)10(16)11(17)13(21-8)20-7-3-1-2-6(4-7)12(18)19/h1-4,8-11,13-17H,5H2,(H,18,19)/t8-,9-,10+,11-,13-/m1/s1. The fourth-order valence-electron chi connectivity index (χ4n) is 2.00. The SMILES string of the molecule is O=C(O)c1cccc(O[C@@H]2O[C@H](CO)[C@@H](O)[C@H](O)[C@H]2O)c1. The number of ether oxygens (including phenoxy) is 2. The van der Waals surface area contributed by atoms with Gasteiger partial charge in [0.05, 0.1) is 12.2 Å². The van der Waals surface area contributed by atoms with Crippen molar-refractivity contribution in [3.63, 3.8) is 0 Å².